The minimum absolute atomic E-state index is 0.688. The molecule has 2 N–H and O–H groups in total. The van der Waals surface area contributed by atoms with Crippen LogP contribution in [0.2, 0.25) is 0 Å². The molecule has 38 valence electrons. The molecule has 7 heavy (non-hydrogen) atoms. The average molecular weight is 134 g/mol. The summed E-state index contributed by atoms with van der Waals surface area (Å²) < 4.78 is 23.7. The Kier molecular flexibility index (Phi) is 15.1. The zero-order valence-corrected chi connectivity index (χ0v) is 6.51. The molecule has 0 radical (unpaired) electrons. The van der Waals surface area contributed by atoms with Gasteiger partial charge in [-0.1, -0.05) is 0 Å². The van der Waals surface area contributed by atoms with Gasteiger partial charge in [-0.15, -0.1) is 0 Å². The van der Waals surface area contributed by atoms with Crippen molar-refractivity contribution >= 4 is 42.8 Å². The molecular formula is CH3NaO4S. The summed E-state index contributed by atoms with van der Waals surface area (Å²) >= 11 is -1.92. The van der Waals surface area contributed by atoms with E-state index in [4.69, 9.17) is 18.1 Å². The predicted octanol–water partition coefficient (Wildman–Crippen LogP) is -0.974. The zero-order chi connectivity index (χ0) is 6.28. The Balaban J connectivity index is 0. The fourth-order valence-corrected chi connectivity index (χ4v) is 0. The normalized spacial score (nSPS) is 7.00. The summed E-state index contributed by atoms with van der Waals surface area (Å²) in [6.45, 7) is 0. The van der Waals surface area contributed by atoms with Crippen LogP contribution in [0.5, 0.6) is 0 Å². The van der Waals surface area contributed by atoms with Crippen LogP contribution < -0.4 is 0 Å². The topological polar surface area (TPSA) is 74.6 Å². The van der Waals surface area contributed by atoms with Crippen molar-refractivity contribution in [3.63, 3.8) is 0 Å². The first-order valence-corrected chi connectivity index (χ1v) is 3.56. The summed E-state index contributed by atoms with van der Waals surface area (Å²) in [6.07, 6.45) is 0. The van der Waals surface area contributed by atoms with Gasteiger partial charge in [-0.3, -0.25) is 9.11 Å². The van der Waals surface area contributed by atoms with Crippen molar-refractivity contribution in [1.82, 2.24) is 0 Å². The average Bonchev–Trinajstić information content (AvgIpc) is 1.33. The summed E-state index contributed by atoms with van der Waals surface area (Å²) in [7, 11) is 0. The Morgan fingerprint density at radius 2 is 1.57 bits per heavy atom. The molecule has 0 aliphatic heterocycles. The van der Waals surface area contributed by atoms with Gasteiger partial charge in [0.25, 0.3) is 11.4 Å². The molecule has 0 bridgehead atoms. The zero-order valence-electron chi connectivity index (χ0n) is 3.70. The molecule has 0 aliphatic rings. The van der Waals surface area contributed by atoms with Gasteiger partial charge in [-0.2, -0.15) is 4.21 Å². The van der Waals surface area contributed by atoms with Gasteiger partial charge in [0.1, 0.15) is 0 Å². The molecule has 0 heterocycles. The van der Waals surface area contributed by atoms with Crippen LogP contribution in [0.15, 0.2) is 0 Å². The Labute approximate surface area is 60.8 Å². The molecule has 0 spiro atoms. The van der Waals surface area contributed by atoms with Crippen LogP contribution in [0.1, 0.15) is 0 Å². The second-order valence-electron chi connectivity index (χ2n) is 0.466. The van der Waals surface area contributed by atoms with Gasteiger partial charge in [0.05, 0.1) is 0 Å². The van der Waals surface area contributed by atoms with Crippen molar-refractivity contribution in [2.24, 2.45) is 0 Å². The fraction of sp³-hybridized carbons (Fsp3) is 0. The van der Waals surface area contributed by atoms with E-state index in [1.807, 2.05) is 0 Å². The molecule has 0 aromatic carbocycles. The molecule has 0 unspecified atom stereocenters. The van der Waals surface area contributed by atoms with E-state index in [0.717, 1.165) is 3.54 Å². The van der Waals surface area contributed by atoms with Crippen molar-refractivity contribution in [1.29, 1.82) is 0 Å². The number of rotatable bonds is 0. The van der Waals surface area contributed by atoms with Crippen LogP contribution in [0, 0.1) is 0 Å². The van der Waals surface area contributed by atoms with E-state index < -0.39 is 11.4 Å². The number of hydrogen-bond acceptors (Lipinski definition) is 2. The molecule has 0 aromatic rings. The molecule has 0 aromatic heterocycles. The first-order chi connectivity index (χ1) is 3.15. The van der Waals surface area contributed by atoms with Crippen LogP contribution in [-0.4, -0.2) is 44.8 Å². The molecule has 0 atom stereocenters. The molecule has 0 saturated heterocycles. The van der Waals surface area contributed by atoms with Gasteiger partial charge in [-0.25, -0.2) is 0 Å². The van der Waals surface area contributed by atoms with Gasteiger partial charge in [0, 0.05) is 0 Å². The number of carbonyl (C=O) groups is 1. The molecule has 0 fully saturated rings. The Morgan fingerprint density at radius 1 is 1.57 bits per heavy atom. The standard InChI is InChI=1S/CHO.Na.H2O3S/c1-2;;1-4(2)3/h1H;;(H2,1,2,3). The van der Waals surface area contributed by atoms with Crippen molar-refractivity contribution in [2.75, 3.05) is 0 Å². The maximum atomic E-state index is 8.87. The summed E-state index contributed by atoms with van der Waals surface area (Å²) in [5, 5.41) is 0. The Bertz CT molecular complexity index is 58.7. The molecule has 0 amide bonds. The summed E-state index contributed by atoms with van der Waals surface area (Å²) in [6, 6.07) is 0. The third-order valence-electron chi connectivity index (χ3n) is 0. The molecule has 0 saturated carbocycles. The first-order valence-electron chi connectivity index (χ1n) is 1.34. The fourth-order valence-electron chi connectivity index (χ4n) is 0. The second kappa shape index (κ2) is 9.88. The van der Waals surface area contributed by atoms with Gasteiger partial charge in [-0.05, 0) is 0 Å². The third kappa shape index (κ3) is 277. The van der Waals surface area contributed by atoms with E-state index in [-0.39, 0.29) is 0 Å². The summed E-state index contributed by atoms with van der Waals surface area (Å²) in [4.78, 5) is 8.87. The monoisotopic (exact) mass is 134 g/mol. The molecule has 6 heteroatoms. The predicted molar refractivity (Wildman–Crippen MR) is 25.9 cm³/mol. The van der Waals surface area contributed by atoms with E-state index in [1.54, 1.807) is 0 Å². The second-order valence-corrected chi connectivity index (χ2v) is 1.40. The number of hydrogen-bond donors (Lipinski definition) is 2. The summed E-state index contributed by atoms with van der Waals surface area (Å²) in [5.41, 5.74) is 0. The first kappa shape index (κ1) is 10.7. The molecule has 4 nitrogen and oxygen atoms in total. The van der Waals surface area contributed by atoms with Crippen molar-refractivity contribution in [3.8, 4) is 0 Å². The van der Waals surface area contributed by atoms with Crippen LogP contribution >= 0.6 is 0 Å². The molecule has 0 rings (SSSR count). The van der Waals surface area contributed by atoms with Crippen LogP contribution in [0.3, 0.4) is 0 Å². The van der Waals surface area contributed by atoms with Gasteiger partial charge >= 0.3 is 36.3 Å². The molecule has 0 aliphatic carbocycles. The third-order valence-corrected chi connectivity index (χ3v) is 0. The van der Waals surface area contributed by atoms with E-state index in [9.17, 15) is 0 Å². The Hall–Kier alpha value is 0.740. The van der Waals surface area contributed by atoms with Crippen LogP contribution in [-0.2, 0) is 16.2 Å². The van der Waals surface area contributed by atoms with E-state index in [2.05, 4.69) is 0 Å². The van der Waals surface area contributed by atoms with Crippen molar-refractivity contribution in [2.45, 2.75) is 0 Å². The molecular weight excluding hydrogens is 131 g/mol. The van der Waals surface area contributed by atoms with Crippen LogP contribution in [0.4, 0.5) is 0 Å². The Morgan fingerprint density at radius 3 is 1.57 bits per heavy atom. The van der Waals surface area contributed by atoms with E-state index in [0.29, 0.717) is 27.9 Å². The maximum absolute atomic E-state index is 8.87. The SMILES string of the molecule is O=S(O)O.O=[CH][Na]. The van der Waals surface area contributed by atoms with Gasteiger partial charge in [0.2, 0.25) is 0 Å². The van der Waals surface area contributed by atoms with E-state index in [1.165, 1.54) is 0 Å². The summed E-state index contributed by atoms with van der Waals surface area (Å²) in [5.74, 6) is 0. The van der Waals surface area contributed by atoms with Crippen molar-refractivity contribution < 1.29 is 18.1 Å². The van der Waals surface area contributed by atoms with Gasteiger partial charge < -0.3 is 0 Å². The van der Waals surface area contributed by atoms with Gasteiger partial charge in [0.15, 0.2) is 0 Å². The number of carbonyl (C=O) groups excluding carboxylic acids is 1. The quantitative estimate of drug-likeness (QED) is 0.254. The van der Waals surface area contributed by atoms with E-state index >= 15 is 0 Å². The van der Waals surface area contributed by atoms with Crippen LogP contribution in [0.25, 0.3) is 0 Å². The van der Waals surface area contributed by atoms with Crippen molar-refractivity contribution in [3.05, 3.63) is 0 Å². The minimum atomic E-state index is -2.61.